The molecule has 1 saturated heterocycles. The number of nitrogens with one attached hydrogen (secondary N) is 1. The number of hydrogen-bond acceptors (Lipinski definition) is 10. The van der Waals surface area contributed by atoms with Gasteiger partial charge in [0.05, 0.1) is 32.0 Å². The molecule has 7 atom stereocenters. The van der Waals surface area contributed by atoms with Gasteiger partial charge in [-0.1, -0.05) is 195 Å². The van der Waals surface area contributed by atoms with Gasteiger partial charge in [0.1, 0.15) is 24.4 Å². The maximum atomic E-state index is 13.0. The van der Waals surface area contributed by atoms with Gasteiger partial charge in [-0.05, 0) is 96.8 Å². The summed E-state index contributed by atoms with van der Waals surface area (Å²) in [4.78, 5) is 25.0. The quantitative estimate of drug-likeness (QED) is 0.0196. The van der Waals surface area contributed by atoms with Crippen LogP contribution in [0, 0.1) is 0 Å². The summed E-state index contributed by atoms with van der Waals surface area (Å²) in [5.74, 6) is -0.273. The normalized spacial score (nSPS) is 19.8. The first-order valence-corrected chi connectivity index (χ1v) is 28.3. The zero-order chi connectivity index (χ0) is 51.7. The Kier molecular flexibility index (Phi) is 45.5. The molecule has 71 heavy (non-hydrogen) atoms. The van der Waals surface area contributed by atoms with Crippen molar-refractivity contribution in [2.24, 2.45) is 0 Å². The van der Waals surface area contributed by atoms with E-state index in [1.807, 2.05) is 19.1 Å². The van der Waals surface area contributed by atoms with Gasteiger partial charge >= 0.3 is 5.97 Å². The molecule has 0 bridgehead atoms. The number of hydrogen-bond donors (Lipinski definition) is 6. The van der Waals surface area contributed by atoms with E-state index in [1.54, 1.807) is 6.08 Å². The van der Waals surface area contributed by atoms with Crippen LogP contribution in [-0.2, 0) is 23.8 Å². The molecule has 0 radical (unpaired) electrons. The third-order valence-corrected chi connectivity index (χ3v) is 12.8. The average Bonchev–Trinajstić information content (AvgIpc) is 3.37. The lowest BCUT2D eigenvalue weighted by atomic mass is 9.99. The minimum absolute atomic E-state index is 0.0663. The topological polar surface area (TPSA) is 175 Å². The zero-order valence-electron chi connectivity index (χ0n) is 44.7. The summed E-state index contributed by atoms with van der Waals surface area (Å²) in [6.07, 6.45) is 55.8. The molecule has 1 fully saturated rings. The molecule has 0 saturated carbocycles. The Bertz CT molecular complexity index is 1450. The monoisotopic (exact) mass is 998 g/mol. The molecular formula is C60H103NO10. The van der Waals surface area contributed by atoms with Crippen LogP contribution in [0.15, 0.2) is 85.1 Å². The molecular weight excluding hydrogens is 895 g/mol. The second kappa shape index (κ2) is 49.1. The first-order chi connectivity index (χ1) is 34.7. The highest BCUT2D eigenvalue weighted by Crippen LogP contribution is 2.23. The van der Waals surface area contributed by atoms with Gasteiger partial charge < -0.3 is 45.1 Å². The molecule has 1 aliphatic rings. The van der Waals surface area contributed by atoms with E-state index in [4.69, 9.17) is 14.2 Å². The van der Waals surface area contributed by atoms with Crippen LogP contribution in [0.3, 0.4) is 0 Å². The Morgan fingerprint density at radius 1 is 0.549 bits per heavy atom. The van der Waals surface area contributed by atoms with Gasteiger partial charge in [-0.2, -0.15) is 0 Å². The van der Waals surface area contributed by atoms with Gasteiger partial charge in [0, 0.05) is 12.8 Å². The van der Waals surface area contributed by atoms with Crippen molar-refractivity contribution >= 4 is 11.9 Å². The summed E-state index contributed by atoms with van der Waals surface area (Å²) in [7, 11) is 0. The lowest BCUT2D eigenvalue weighted by Gasteiger charge is -2.40. The molecule has 7 unspecified atom stereocenters. The molecule has 11 nitrogen and oxygen atoms in total. The SMILES string of the molecule is C/C=C/CC/C=C/CC/C=C/C(O)C(COC1OC(CO)C(O)C(O)C1O)NC(=O)CCCCCCCCCCCCCCCC/C=C\C/C=C\CCOC(=O)CCCCCCC/C=C\C/C=C\CCC. The fourth-order valence-corrected chi connectivity index (χ4v) is 8.29. The third kappa shape index (κ3) is 39.0. The second-order valence-corrected chi connectivity index (χ2v) is 19.3. The number of allylic oxidation sites excluding steroid dienone is 12. The summed E-state index contributed by atoms with van der Waals surface area (Å²) in [5.41, 5.74) is 0. The Hall–Kier alpha value is -3.16. The van der Waals surface area contributed by atoms with Gasteiger partial charge in [-0.15, -0.1) is 0 Å². The summed E-state index contributed by atoms with van der Waals surface area (Å²) in [5, 5.41) is 54.1. The zero-order valence-corrected chi connectivity index (χ0v) is 44.7. The number of carbonyl (C=O) groups excluding carboxylic acids is 2. The number of amides is 1. The van der Waals surface area contributed by atoms with Gasteiger partial charge in [0.15, 0.2) is 6.29 Å². The van der Waals surface area contributed by atoms with Crippen molar-refractivity contribution in [3.05, 3.63) is 85.1 Å². The minimum Gasteiger partial charge on any atom is -0.465 e. The van der Waals surface area contributed by atoms with Crippen LogP contribution in [0.2, 0.25) is 0 Å². The molecule has 408 valence electrons. The number of carbonyl (C=O) groups is 2. The number of rotatable bonds is 47. The van der Waals surface area contributed by atoms with Gasteiger partial charge in [0.2, 0.25) is 5.91 Å². The van der Waals surface area contributed by atoms with Gasteiger partial charge in [0.25, 0.3) is 0 Å². The van der Waals surface area contributed by atoms with Gasteiger partial charge in [-0.3, -0.25) is 9.59 Å². The molecule has 11 heteroatoms. The molecule has 0 aliphatic carbocycles. The second-order valence-electron chi connectivity index (χ2n) is 19.3. The smallest absolute Gasteiger partial charge is 0.305 e. The van der Waals surface area contributed by atoms with E-state index in [0.717, 1.165) is 89.9 Å². The lowest BCUT2D eigenvalue weighted by Crippen LogP contribution is -2.60. The van der Waals surface area contributed by atoms with E-state index in [-0.39, 0.29) is 18.5 Å². The molecule has 0 aromatic carbocycles. The Balaban J connectivity index is 2.06. The molecule has 6 N–H and O–H groups in total. The van der Waals surface area contributed by atoms with Crippen LogP contribution in [0.5, 0.6) is 0 Å². The van der Waals surface area contributed by atoms with E-state index >= 15 is 0 Å². The number of unbranched alkanes of at least 4 members (excludes halogenated alkanes) is 22. The molecule has 0 aromatic rings. The van der Waals surface area contributed by atoms with Crippen molar-refractivity contribution in [3.63, 3.8) is 0 Å². The average molecular weight is 998 g/mol. The predicted octanol–water partition coefficient (Wildman–Crippen LogP) is 12.6. The summed E-state index contributed by atoms with van der Waals surface area (Å²) >= 11 is 0. The Morgan fingerprint density at radius 3 is 1.55 bits per heavy atom. The fourth-order valence-electron chi connectivity index (χ4n) is 8.29. The van der Waals surface area contributed by atoms with Crippen LogP contribution in [-0.4, -0.2) is 100 Å². The molecule has 1 aliphatic heterocycles. The highest BCUT2D eigenvalue weighted by atomic mass is 16.7. The first-order valence-electron chi connectivity index (χ1n) is 28.3. The minimum atomic E-state index is -1.58. The highest BCUT2D eigenvalue weighted by molar-refractivity contribution is 5.76. The van der Waals surface area contributed by atoms with E-state index in [0.29, 0.717) is 25.9 Å². The number of aliphatic hydroxyl groups excluding tert-OH is 5. The maximum Gasteiger partial charge on any atom is 0.305 e. The predicted molar refractivity (Wildman–Crippen MR) is 292 cm³/mol. The molecule has 1 heterocycles. The highest BCUT2D eigenvalue weighted by Gasteiger charge is 2.44. The molecule has 0 aromatic heterocycles. The Labute approximate surface area is 432 Å². The summed E-state index contributed by atoms with van der Waals surface area (Å²) in [6, 6.07) is -0.839. The Morgan fingerprint density at radius 2 is 1.01 bits per heavy atom. The number of aliphatic hydroxyl groups is 5. The van der Waals surface area contributed by atoms with E-state index in [2.05, 4.69) is 79.1 Å². The number of ether oxygens (including phenoxy) is 3. The molecule has 0 spiro atoms. The molecule has 1 rings (SSSR count). The largest absolute Gasteiger partial charge is 0.465 e. The maximum absolute atomic E-state index is 13.0. The van der Waals surface area contributed by atoms with Crippen LogP contribution in [0.1, 0.15) is 219 Å². The van der Waals surface area contributed by atoms with E-state index in [9.17, 15) is 35.1 Å². The van der Waals surface area contributed by atoms with Crippen molar-refractivity contribution in [3.8, 4) is 0 Å². The fraction of sp³-hybridized carbons (Fsp3) is 0.733. The van der Waals surface area contributed by atoms with Crippen molar-refractivity contribution in [1.82, 2.24) is 5.32 Å². The molecule has 1 amide bonds. The summed E-state index contributed by atoms with van der Waals surface area (Å²) in [6.45, 7) is 3.88. The van der Waals surface area contributed by atoms with Gasteiger partial charge in [-0.25, -0.2) is 0 Å². The van der Waals surface area contributed by atoms with Crippen LogP contribution >= 0.6 is 0 Å². The number of esters is 1. The van der Waals surface area contributed by atoms with Crippen molar-refractivity contribution in [1.29, 1.82) is 0 Å². The lowest BCUT2D eigenvalue weighted by molar-refractivity contribution is -0.302. The first kappa shape index (κ1) is 65.9. The van der Waals surface area contributed by atoms with Crippen molar-refractivity contribution in [2.45, 2.75) is 262 Å². The van der Waals surface area contributed by atoms with Crippen molar-refractivity contribution in [2.75, 3.05) is 19.8 Å². The van der Waals surface area contributed by atoms with Crippen LogP contribution in [0.4, 0.5) is 0 Å². The standard InChI is InChI=1S/C60H103NO10/c1-3-5-7-9-11-13-14-24-28-32-36-40-44-48-56(65)69-49-45-41-37-33-29-26-23-21-19-17-15-16-18-20-22-25-27-31-35-39-43-47-55(64)61-52(53(63)46-42-38-34-30-12-10-8-6-4-2)51-70-60-59(68)58(67)57(66)54(50-62)71-60/h4,6-7,9,12-14,26,29-30,37,41-42,46,52-54,57-60,62-63,66-68H,3,5,8,10-11,15-25,27-28,31-36,38-40,43-45,47-51H2,1-2H3,(H,61,64)/b6-4+,9-7-,14-13-,29-26-,30-12+,41-37-,46-42+. The van der Waals surface area contributed by atoms with Crippen LogP contribution < -0.4 is 5.32 Å². The van der Waals surface area contributed by atoms with E-state index in [1.165, 1.54) is 96.3 Å². The summed E-state index contributed by atoms with van der Waals surface area (Å²) < 4.78 is 16.6. The van der Waals surface area contributed by atoms with Crippen LogP contribution in [0.25, 0.3) is 0 Å². The van der Waals surface area contributed by atoms with Crippen molar-refractivity contribution < 1.29 is 49.3 Å². The third-order valence-electron chi connectivity index (χ3n) is 12.8. The van der Waals surface area contributed by atoms with E-state index < -0.39 is 49.5 Å².